The Bertz CT molecular complexity index is 587. The molecular weight excluding hydrogens is 325 g/mol. The van der Waals surface area contributed by atoms with Crippen LogP contribution >= 0.6 is 0 Å². The molecule has 2 rings (SSSR count). The maximum absolute atomic E-state index is 12.5. The fraction of sp³-hybridized carbons (Fsp3) is 0.500. The number of alkyl halides is 3. The van der Waals surface area contributed by atoms with Crippen molar-refractivity contribution in [3.63, 3.8) is 0 Å². The zero-order valence-electron chi connectivity index (χ0n) is 13.2. The molecule has 0 aliphatic carbocycles. The Hall–Kier alpha value is -2.25. The Morgan fingerprint density at radius 3 is 2.58 bits per heavy atom. The lowest BCUT2D eigenvalue weighted by Gasteiger charge is -2.26. The maximum atomic E-state index is 12.5. The second kappa shape index (κ2) is 7.55. The summed E-state index contributed by atoms with van der Waals surface area (Å²) in [7, 11) is 0. The number of nitrogens with zero attached hydrogens (tertiary/aromatic N) is 1. The van der Waals surface area contributed by atoms with Crippen molar-refractivity contribution in [1.82, 2.24) is 10.2 Å². The number of amides is 2. The first-order valence-electron chi connectivity index (χ1n) is 7.63. The number of cyclic esters (lactones) is 1. The highest BCUT2D eigenvalue weighted by atomic mass is 19.4. The summed E-state index contributed by atoms with van der Waals surface area (Å²) in [5.41, 5.74) is -0.0141. The largest absolute Gasteiger partial charge is 0.449 e. The van der Waals surface area contributed by atoms with Gasteiger partial charge in [-0.05, 0) is 37.5 Å². The summed E-state index contributed by atoms with van der Waals surface area (Å²) in [5.74, 6) is -0.326. The second-order valence-corrected chi connectivity index (χ2v) is 5.76. The Labute approximate surface area is 137 Å². The molecule has 1 aromatic rings. The lowest BCUT2D eigenvalue weighted by Crippen LogP contribution is -2.46. The zero-order chi connectivity index (χ0) is 17.7. The van der Waals surface area contributed by atoms with E-state index in [2.05, 4.69) is 5.32 Å². The number of halogens is 3. The van der Waals surface area contributed by atoms with Gasteiger partial charge in [-0.25, -0.2) is 4.79 Å². The van der Waals surface area contributed by atoms with Crippen LogP contribution in [0.5, 0.6) is 0 Å². The fourth-order valence-electron chi connectivity index (χ4n) is 2.47. The van der Waals surface area contributed by atoms with Gasteiger partial charge in [-0.1, -0.05) is 12.1 Å². The molecule has 24 heavy (non-hydrogen) atoms. The Morgan fingerprint density at radius 1 is 1.33 bits per heavy atom. The van der Waals surface area contributed by atoms with Gasteiger partial charge in [-0.3, -0.25) is 9.69 Å². The summed E-state index contributed by atoms with van der Waals surface area (Å²) in [4.78, 5) is 24.7. The lowest BCUT2D eigenvalue weighted by atomic mass is 10.0. The van der Waals surface area contributed by atoms with Crippen LogP contribution < -0.4 is 5.32 Å². The van der Waals surface area contributed by atoms with E-state index < -0.39 is 17.8 Å². The highest BCUT2D eigenvalue weighted by molar-refractivity contribution is 5.82. The summed E-state index contributed by atoms with van der Waals surface area (Å²) in [5, 5.41) is 2.73. The monoisotopic (exact) mass is 344 g/mol. The van der Waals surface area contributed by atoms with Gasteiger partial charge in [0.2, 0.25) is 5.91 Å². The molecule has 0 bridgehead atoms. The van der Waals surface area contributed by atoms with E-state index in [1.54, 1.807) is 6.92 Å². The van der Waals surface area contributed by atoms with E-state index in [0.717, 1.165) is 12.1 Å². The number of carbonyl (C=O) groups is 2. The normalized spacial score (nSPS) is 16.5. The number of hydrogen-bond acceptors (Lipinski definition) is 3. The SMILES string of the molecule is C[C@@H](Cc1ccc(C(F)(F)F)cc1)NC(=O)CN1CCCOC1=O. The second-order valence-electron chi connectivity index (χ2n) is 5.76. The van der Waals surface area contributed by atoms with Gasteiger partial charge in [0.1, 0.15) is 6.54 Å². The fourth-order valence-corrected chi connectivity index (χ4v) is 2.47. The van der Waals surface area contributed by atoms with Gasteiger partial charge in [0.05, 0.1) is 12.2 Å². The zero-order valence-corrected chi connectivity index (χ0v) is 13.2. The Kier molecular flexibility index (Phi) is 5.69. The van der Waals surface area contributed by atoms with E-state index >= 15 is 0 Å². The Balaban J connectivity index is 1.82. The summed E-state index contributed by atoms with van der Waals surface area (Å²) in [6.07, 6.45) is -3.79. The average molecular weight is 344 g/mol. The number of benzene rings is 1. The minimum Gasteiger partial charge on any atom is -0.449 e. The molecule has 1 aromatic carbocycles. The molecular formula is C16H19F3N2O3. The minimum atomic E-state index is -4.36. The molecule has 132 valence electrons. The van der Waals surface area contributed by atoms with Crippen molar-refractivity contribution < 1.29 is 27.5 Å². The van der Waals surface area contributed by atoms with Crippen LogP contribution in [0.4, 0.5) is 18.0 Å². The van der Waals surface area contributed by atoms with E-state index in [9.17, 15) is 22.8 Å². The smallest absolute Gasteiger partial charge is 0.416 e. The molecule has 1 fully saturated rings. The Morgan fingerprint density at radius 2 is 2.00 bits per heavy atom. The van der Waals surface area contributed by atoms with Crippen LogP contribution in [0.15, 0.2) is 24.3 Å². The van der Waals surface area contributed by atoms with Gasteiger partial charge in [-0.15, -0.1) is 0 Å². The van der Waals surface area contributed by atoms with Gasteiger partial charge >= 0.3 is 12.3 Å². The lowest BCUT2D eigenvalue weighted by molar-refractivity contribution is -0.137. The first-order valence-corrected chi connectivity index (χ1v) is 7.63. The quantitative estimate of drug-likeness (QED) is 0.893. The van der Waals surface area contributed by atoms with Crippen molar-refractivity contribution in [2.45, 2.75) is 32.0 Å². The maximum Gasteiger partial charge on any atom is 0.416 e. The first kappa shape index (κ1) is 18.1. The van der Waals surface area contributed by atoms with Gasteiger partial charge in [-0.2, -0.15) is 13.2 Å². The van der Waals surface area contributed by atoms with Crippen LogP contribution in [0.2, 0.25) is 0 Å². The van der Waals surface area contributed by atoms with Crippen molar-refractivity contribution in [2.75, 3.05) is 19.7 Å². The van der Waals surface area contributed by atoms with Crippen molar-refractivity contribution in [1.29, 1.82) is 0 Å². The number of ether oxygens (including phenoxy) is 1. The molecule has 5 nitrogen and oxygen atoms in total. The molecule has 2 amide bonds. The summed E-state index contributed by atoms with van der Waals surface area (Å²) < 4.78 is 42.4. The van der Waals surface area contributed by atoms with Crippen molar-refractivity contribution in [3.05, 3.63) is 35.4 Å². The van der Waals surface area contributed by atoms with Crippen LogP contribution in [0.25, 0.3) is 0 Å². The molecule has 0 saturated carbocycles. The van der Waals surface area contributed by atoms with E-state index in [4.69, 9.17) is 4.74 Å². The molecule has 1 atom stereocenters. The number of carbonyl (C=O) groups excluding carboxylic acids is 2. The predicted molar refractivity (Wildman–Crippen MR) is 80.3 cm³/mol. The van der Waals surface area contributed by atoms with Crippen molar-refractivity contribution in [2.24, 2.45) is 0 Å². The third kappa shape index (κ3) is 5.14. The topological polar surface area (TPSA) is 58.6 Å². The number of nitrogens with one attached hydrogen (secondary N) is 1. The van der Waals surface area contributed by atoms with E-state index in [0.29, 0.717) is 31.6 Å². The van der Waals surface area contributed by atoms with Gasteiger partial charge in [0, 0.05) is 12.6 Å². The van der Waals surface area contributed by atoms with Crippen LogP contribution in [0.1, 0.15) is 24.5 Å². The standard InChI is InChI=1S/C16H19F3N2O3/c1-11(9-12-3-5-13(6-4-12)16(17,18)19)20-14(22)10-21-7-2-8-24-15(21)23/h3-6,11H,2,7-10H2,1H3,(H,20,22)/t11-/m0/s1. The van der Waals surface area contributed by atoms with Gasteiger partial charge in [0.25, 0.3) is 0 Å². The molecule has 1 heterocycles. The molecule has 0 radical (unpaired) electrons. The van der Waals surface area contributed by atoms with Crippen LogP contribution in [-0.4, -0.2) is 42.6 Å². The molecule has 1 aliphatic heterocycles. The van der Waals surface area contributed by atoms with Crippen molar-refractivity contribution in [3.8, 4) is 0 Å². The molecule has 8 heteroatoms. The van der Waals surface area contributed by atoms with Crippen LogP contribution in [-0.2, 0) is 22.1 Å². The molecule has 0 unspecified atom stereocenters. The molecule has 1 N–H and O–H groups in total. The summed E-state index contributed by atoms with van der Waals surface area (Å²) >= 11 is 0. The van der Waals surface area contributed by atoms with Gasteiger partial charge < -0.3 is 10.1 Å². The van der Waals surface area contributed by atoms with Crippen LogP contribution in [0, 0.1) is 0 Å². The molecule has 1 aliphatic rings. The van der Waals surface area contributed by atoms with E-state index in [1.165, 1.54) is 17.0 Å². The average Bonchev–Trinajstić information content (AvgIpc) is 2.49. The number of rotatable bonds is 5. The van der Waals surface area contributed by atoms with E-state index in [1.807, 2.05) is 0 Å². The van der Waals surface area contributed by atoms with Crippen molar-refractivity contribution >= 4 is 12.0 Å². The highest BCUT2D eigenvalue weighted by Crippen LogP contribution is 2.29. The molecule has 1 saturated heterocycles. The third-order valence-corrected chi connectivity index (χ3v) is 3.62. The minimum absolute atomic E-state index is 0.0871. The first-order chi connectivity index (χ1) is 11.3. The summed E-state index contributed by atoms with van der Waals surface area (Å²) in [6, 6.07) is 4.57. The predicted octanol–water partition coefficient (Wildman–Crippen LogP) is 2.59. The molecule has 0 spiro atoms. The highest BCUT2D eigenvalue weighted by Gasteiger charge is 2.30. The van der Waals surface area contributed by atoms with E-state index in [-0.39, 0.29) is 18.5 Å². The molecule has 0 aromatic heterocycles. The third-order valence-electron chi connectivity index (χ3n) is 3.62. The van der Waals surface area contributed by atoms with Gasteiger partial charge in [0.15, 0.2) is 0 Å². The number of hydrogen-bond donors (Lipinski definition) is 1. The van der Waals surface area contributed by atoms with Crippen LogP contribution in [0.3, 0.4) is 0 Å². The summed E-state index contributed by atoms with van der Waals surface area (Å²) in [6.45, 7) is 2.50.